The van der Waals surface area contributed by atoms with Crippen LogP contribution >= 0.6 is 23.2 Å². The molecule has 0 spiro atoms. The van der Waals surface area contributed by atoms with Gasteiger partial charge in [-0.15, -0.1) is 5.10 Å². The average molecular weight is 348 g/mol. The zero-order valence-electron chi connectivity index (χ0n) is 11.8. The topological polar surface area (TPSA) is 72.7 Å². The smallest absolute Gasteiger partial charge is 0.228 e. The van der Waals surface area contributed by atoms with Crippen molar-refractivity contribution in [3.63, 3.8) is 0 Å². The highest BCUT2D eigenvalue weighted by atomic mass is 35.5. The van der Waals surface area contributed by atoms with E-state index >= 15 is 0 Å². The zero-order valence-corrected chi connectivity index (χ0v) is 13.3. The Kier molecular flexibility index (Phi) is 4.55. The monoisotopic (exact) mass is 347 g/mol. The summed E-state index contributed by atoms with van der Waals surface area (Å²) in [6, 6.07) is 12.3. The van der Waals surface area contributed by atoms with Gasteiger partial charge < -0.3 is 5.32 Å². The molecule has 0 unspecified atom stereocenters. The number of amides is 1. The van der Waals surface area contributed by atoms with E-state index in [-0.39, 0.29) is 12.3 Å². The lowest BCUT2D eigenvalue weighted by Crippen LogP contribution is -2.14. The number of anilines is 1. The van der Waals surface area contributed by atoms with Crippen LogP contribution in [-0.4, -0.2) is 26.1 Å². The molecule has 0 fully saturated rings. The van der Waals surface area contributed by atoms with Crippen LogP contribution in [0.5, 0.6) is 0 Å². The van der Waals surface area contributed by atoms with Crippen LogP contribution in [0.4, 0.5) is 5.69 Å². The number of hydrogen-bond acceptors (Lipinski definition) is 4. The second kappa shape index (κ2) is 6.76. The molecule has 3 aromatic rings. The zero-order chi connectivity index (χ0) is 16.2. The third-order valence-electron chi connectivity index (χ3n) is 3.11. The maximum Gasteiger partial charge on any atom is 0.228 e. The third kappa shape index (κ3) is 3.85. The lowest BCUT2D eigenvalue weighted by Gasteiger charge is -2.07. The number of carbonyl (C=O) groups is 1. The number of halogens is 2. The molecule has 0 saturated heterocycles. The van der Waals surface area contributed by atoms with E-state index in [0.29, 0.717) is 15.7 Å². The van der Waals surface area contributed by atoms with Crippen molar-refractivity contribution in [2.75, 3.05) is 5.32 Å². The first kappa shape index (κ1) is 15.5. The van der Waals surface area contributed by atoms with Crippen LogP contribution in [0.2, 0.25) is 10.0 Å². The molecule has 0 atom stereocenters. The average Bonchev–Trinajstić information content (AvgIpc) is 3.06. The van der Waals surface area contributed by atoms with Gasteiger partial charge >= 0.3 is 0 Å². The number of tetrazole rings is 1. The first-order valence-corrected chi connectivity index (χ1v) is 7.44. The molecular formula is C15H11Cl2N5O. The molecule has 0 saturated carbocycles. The van der Waals surface area contributed by atoms with Gasteiger partial charge in [-0.2, -0.15) is 0 Å². The van der Waals surface area contributed by atoms with Gasteiger partial charge in [0.15, 0.2) is 0 Å². The van der Waals surface area contributed by atoms with E-state index in [1.165, 1.54) is 11.0 Å². The maximum atomic E-state index is 12.1. The molecule has 6 nitrogen and oxygen atoms in total. The quantitative estimate of drug-likeness (QED) is 0.786. The molecule has 23 heavy (non-hydrogen) atoms. The summed E-state index contributed by atoms with van der Waals surface area (Å²) in [6.07, 6.45) is 1.71. The molecule has 3 rings (SSSR count). The first-order valence-electron chi connectivity index (χ1n) is 6.69. The summed E-state index contributed by atoms with van der Waals surface area (Å²) in [5, 5.41) is 14.7. The summed E-state index contributed by atoms with van der Waals surface area (Å²) in [5.41, 5.74) is 2.28. The Morgan fingerprint density at radius 1 is 1.09 bits per heavy atom. The van der Waals surface area contributed by atoms with Crippen LogP contribution in [-0.2, 0) is 11.2 Å². The van der Waals surface area contributed by atoms with E-state index in [2.05, 4.69) is 20.8 Å². The van der Waals surface area contributed by atoms with E-state index in [1.54, 1.807) is 30.3 Å². The number of rotatable bonds is 4. The van der Waals surface area contributed by atoms with Crippen molar-refractivity contribution < 1.29 is 4.79 Å². The van der Waals surface area contributed by atoms with Gasteiger partial charge in [0.25, 0.3) is 0 Å². The van der Waals surface area contributed by atoms with Gasteiger partial charge in [-0.25, -0.2) is 4.68 Å². The maximum absolute atomic E-state index is 12.1. The first-order chi connectivity index (χ1) is 11.1. The van der Waals surface area contributed by atoms with Gasteiger partial charge in [-0.3, -0.25) is 4.79 Å². The van der Waals surface area contributed by atoms with Crippen molar-refractivity contribution in [1.82, 2.24) is 20.2 Å². The fraction of sp³-hybridized carbons (Fsp3) is 0.0667. The Bertz CT molecular complexity index is 818. The molecule has 1 heterocycles. The molecule has 0 aliphatic rings. The minimum absolute atomic E-state index is 0.140. The summed E-state index contributed by atoms with van der Waals surface area (Å²) in [6.45, 7) is 0. The van der Waals surface area contributed by atoms with Crippen molar-refractivity contribution >= 4 is 34.8 Å². The van der Waals surface area contributed by atoms with Crippen LogP contribution in [0.3, 0.4) is 0 Å². The molecule has 8 heteroatoms. The lowest BCUT2D eigenvalue weighted by molar-refractivity contribution is -0.115. The minimum atomic E-state index is -0.140. The third-order valence-corrected chi connectivity index (χ3v) is 3.85. The van der Waals surface area contributed by atoms with Crippen molar-refractivity contribution in [3.05, 3.63) is 64.4 Å². The van der Waals surface area contributed by atoms with Crippen LogP contribution in [0.15, 0.2) is 48.8 Å². The SMILES string of the molecule is O=C(Cc1ccc(Cl)c(Cl)c1)Nc1ccc(-n2cnnn2)cc1. The standard InChI is InChI=1S/C15H11Cl2N5O/c16-13-6-1-10(7-14(13)17)8-15(23)19-11-2-4-12(5-3-11)22-9-18-20-21-22/h1-7,9H,8H2,(H,19,23). The fourth-order valence-electron chi connectivity index (χ4n) is 2.02. The normalized spacial score (nSPS) is 10.5. The van der Waals surface area contributed by atoms with Crippen LogP contribution in [0.1, 0.15) is 5.56 Å². The summed E-state index contributed by atoms with van der Waals surface area (Å²) in [5.74, 6) is -0.140. The van der Waals surface area contributed by atoms with Gasteiger partial charge in [0.1, 0.15) is 6.33 Å². The molecule has 1 N–H and O–H groups in total. The summed E-state index contributed by atoms with van der Waals surface area (Å²) >= 11 is 11.8. The highest BCUT2D eigenvalue weighted by Gasteiger charge is 2.07. The molecular weight excluding hydrogens is 337 g/mol. The van der Waals surface area contributed by atoms with Gasteiger partial charge in [0.2, 0.25) is 5.91 Å². The second-order valence-electron chi connectivity index (χ2n) is 4.77. The number of benzene rings is 2. The molecule has 2 aromatic carbocycles. The molecule has 116 valence electrons. The van der Waals surface area contributed by atoms with E-state index in [1.807, 2.05) is 12.1 Å². The Morgan fingerprint density at radius 3 is 2.52 bits per heavy atom. The van der Waals surface area contributed by atoms with Crippen molar-refractivity contribution in [2.24, 2.45) is 0 Å². The molecule has 0 aliphatic carbocycles. The van der Waals surface area contributed by atoms with E-state index in [0.717, 1.165) is 11.3 Å². The van der Waals surface area contributed by atoms with Gasteiger partial charge in [-0.1, -0.05) is 29.3 Å². The number of hydrogen-bond donors (Lipinski definition) is 1. The Balaban J connectivity index is 1.64. The van der Waals surface area contributed by atoms with Gasteiger partial charge in [-0.05, 0) is 52.4 Å². The Hall–Kier alpha value is -2.44. The van der Waals surface area contributed by atoms with Crippen LogP contribution < -0.4 is 5.32 Å². The molecule has 1 aromatic heterocycles. The molecule has 0 aliphatic heterocycles. The highest BCUT2D eigenvalue weighted by molar-refractivity contribution is 6.42. The lowest BCUT2D eigenvalue weighted by atomic mass is 10.1. The van der Waals surface area contributed by atoms with Crippen molar-refractivity contribution in [2.45, 2.75) is 6.42 Å². The largest absolute Gasteiger partial charge is 0.326 e. The number of carbonyl (C=O) groups excluding carboxylic acids is 1. The van der Waals surface area contributed by atoms with Gasteiger partial charge in [0.05, 0.1) is 22.2 Å². The summed E-state index contributed by atoms with van der Waals surface area (Å²) in [4.78, 5) is 12.1. The second-order valence-corrected chi connectivity index (χ2v) is 5.59. The minimum Gasteiger partial charge on any atom is -0.326 e. The van der Waals surface area contributed by atoms with Crippen LogP contribution in [0, 0.1) is 0 Å². The van der Waals surface area contributed by atoms with E-state index in [9.17, 15) is 4.79 Å². The number of aromatic nitrogens is 4. The number of nitrogens with zero attached hydrogens (tertiary/aromatic N) is 4. The predicted octanol–water partition coefficient (Wildman–Crippen LogP) is 3.15. The molecule has 0 bridgehead atoms. The molecule has 0 radical (unpaired) electrons. The number of nitrogens with one attached hydrogen (secondary N) is 1. The van der Waals surface area contributed by atoms with Crippen molar-refractivity contribution in [1.29, 1.82) is 0 Å². The fourth-order valence-corrected chi connectivity index (χ4v) is 2.34. The molecule has 1 amide bonds. The van der Waals surface area contributed by atoms with E-state index < -0.39 is 0 Å². The van der Waals surface area contributed by atoms with Crippen molar-refractivity contribution in [3.8, 4) is 5.69 Å². The Labute approximate surface area is 142 Å². The van der Waals surface area contributed by atoms with E-state index in [4.69, 9.17) is 23.2 Å². The highest BCUT2D eigenvalue weighted by Crippen LogP contribution is 2.23. The summed E-state index contributed by atoms with van der Waals surface area (Å²) in [7, 11) is 0. The predicted molar refractivity (Wildman–Crippen MR) is 87.9 cm³/mol. The summed E-state index contributed by atoms with van der Waals surface area (Å²) < 4.78 is 1.53. The Morgan fingerprint density at radius 2 is 1.87 bits per heavy atom. The van der Waals surface area contributed by atoms with Gasteiger partial charge in [0, 0.05) is 5.69 Å². The van der Waals surface area contributed by atoms with Crippen LogP contribution in [0.25, 0.3) is 5.69 Å².